The molecule has 0 heterocycles. The summed E-state index contributed by atoms with van der Waals surface area (Å²) < 4.78 is 16.0. The van der Waals surface area contributed by atoms with Gasteiger partial charge in [0.05, 0.1) is 14.2 Å². The van der Waals surface area contributed by atoms with Gasteiger partial charge in [0, 0.05) is 12.6 Å². The Kier molecular flexibility index (Phi) is 9.18. The third-order valence-electron chi connectivity index (χ3n) is 4.75. The number of benzene rings is 2. The van der Waals surface area contributed by atoms with Crippen molar-refractivity contribution < 1.29 is 23.8 Å². The van der Waals surface area contributed by atoms with Crippen LogP contribution < -0.4 is 19.5 Å². The predicted octanol–water partition coefficient (Wildman–Crippen LogP) is 3.41. The Morgan fingerprint density at radius 1 is 0.903 bits per heavy atom. The van der Waals surface area contributed by atoms with Crippen molar-refractivity contribution in [2.75, 3.05) is 20.8 Å². The molecule has 0 saturated heterocycles. The molecule has 31 heavy (non-hydrogen) atoms. The third-order valence-corrected chi connectivity index (χ3v) is 4.75. The molecule has 2 rings (SSSR count). The van der Waals surface area contributed by atoms with E-state index in [-0.39, 0.29) is 24.5 Å². The molecule has 2 aromatic rings. The van der Waals surface area contributed by atoms with Crippen LogP contribution in [-0.4, -0.2) is 49.6 Å². The minimum atomic E-state index is -0.600. The predicted molar refractivity (Wildman–Crippen MR) is 119 cm³/mol. The molecule has 7 nitrogen and oxygen atoms in total. The van der Waals surface area contributed by atoms with Crippen LogP contribution in [0.5, 0.6) is 17.2 Å². The standard InChI is InChI=1S/C24H32N2O5/c1-6-22(24(28)25-17(2)3)26(15-18-7-9-19(29-4)10-8-18)23(27)16-31-21-13-11-20(30-5)12-14-21/h7-14,17,22H,6,15-16H2,1-5H3,(H,25,28)/t22-/m1/s1. The van der Waals surface area contributed by atoms with Gasteiger partial charge in [0.15, 0.2) is 6.61 Å². The van der Waals surface area contributed by atoms with Gasteiger partial charge in [-0.15, -0.1) is 0 Å². The highest BCUT2D eigenvalue weighted by Crippen LogP contribution is 2.19. The second-order valence-electron chi connectivity index (χ2n) is 7.42. The number of nitrogens with one attached hydrogen (secondary N) is 1. The smallest absolute Gasteiger partial charge is 0.261 e. The van der Waals surface area contributed by atoms with Gasteiger partial charge in [0.2, 0.25) is 5.91 Å². The molecule has 2 aromatic carbocycles. The van der Waals surface area contributed by atoms with Crippen LogP contribution in [0.1, 0.15) is 32.8 Å². The Morgan fingerprint density at radius 2 is 1.42 bits per heavy atom. The van der Waals surface area contributed by atoms with Gasteiger partial charge >= 0.3 is 0 Å². The molecule has 0 bridgehead atoms. The summed E-state index contributed by atoms with van der Waals surface area (Å²) in [7, 11) is 3.19. The van der Waals surface area contributed by atoms with Gasteiger partial charge in [-0.1, -0.05) is 19.1 Å². The SMILES string of the molecule is CC[C@H](C(=O)NC(C)C)N(Cc1ccc(OC)cc1)C(=O)COc1ccc(OC)cc1. The van der Waals surface area contributed by atoms with Crippen LogP contribution in [0.4, 0.5) is 0 Å². The molecule has 0 spiro atoms. The topological polar surface area (TPSA) is 77.1 Å². The van der Waals surface area contributed by atoms with E-state index in [1.165, 1.54) is 0 Å². The van der Waals surface area contributed by atoms with E-state index in [2.05, 4.69) is 5.32 Å². The first-order valence-electron chi connectivity index (χ1n) is 10.4. The van der Waals surface area contributed by atoms with Crippen LogP contribution in [0.25, 0.3) is 0 Å². The molecule has 0 saturated carbocycles. The molecule has 168 valence electrons. The number of carbonyl (C=O) groups is 2. The zero-order chi connectivity index (χ0) is 22.8. The number of nitrogens with zero attached hydrogens (tertiary/aromatic N) is 1. The fourth-order valence-electron chi connectivity index (χ4n) is 3.13. The zero-order valence-electron chi connectivity index (χ0n) is 18.9. The molecule has 7 heteroatoms. The van der Waals surface area contributed by atoms with Gasteiger partial charge in [-0.25, -0.2) is 0 Å². The number of hydrogen-bond acceptors (Lipinski definition) is 5. The normalized spacial score (nSPS) is 11.5. The maximum atomic E-state index is 13.1. The third kappa shape index (κ3) is 7.20. The van der Waals surface area contributed by atoms with Crippen molar-refractivity contribution in [2.24, 2.45) is 0 Å². The summed E-state index contributed by atoms with van der Waals surface area (Å²) in [5.41, 5.74) is 0.898. The average molecular weight is 429 g/mol. The van der Waals surface area contributed by atoms with Gasteiger partial charge in [0.1, 0.15) is 23.3 Å². The Balaban J connectivity index is 2.18. The number of rotatable bonds is 11. The Hall–Kier alpha value is -3.22. The van der Waals surface area contributed by atoms with Crippen molar-refractivity contribution >= 4 is 11.8 Å². The van der Waals surface area contributed by atoms with E-state index in [0.717, 1.165) is 11.3 Å². The van der Waals surface area contributed by atoms with Crippen LogP contribution in [0.15, 0.2) is 48.5 Å². The first-order chi connectivity index (χ1) is 14.9. The van der Waals surface area contributed by atoms with Crippen molar-refractivity contribution in [3.63, 3.8) is 0 Å². The Labute approximate surface area is 184 Å². The highest BCUT2D eigenvalue weighted by molar-refractivity contribution is 5.88. The number of methoxy groups -OCH3 is 2. The number of ether oxygens (including phenoxy) is 3. The molecule has 1 atom stereocenters. The number of amides is 2. The molecule has 1 N–H and O–H groups in total. The van der Waals surface area contributed by atoms with Gasteiger partial charge in [-0.3, -0.25) is 9.59 Å². The molecule has 0 unspecified atom stereocenters. The molecule has 2 amide bonds. The highest BCUT2D eigenvalue weighted by atomic mass is 16.5. The minimum absolute atomic E-state index is 0.0185. The minimum Gasteiger partial charge on any atom is -0.497 e. The summed E-state index contributed by atoms with van der Waals surface area (Å²) in [5, 5.41) is 2.91. The fraction of sp³-hybridized carbons (Fsp3) is 0.417. The van der Waals surface area contributed by atoms with E-state index in [0.29, 0.717) is 24.5 Å². The lowest BCUT2D eigenvalue weighted by molar-refractivity contribution is -0.143. The molecule has 0 aromatic heterocycles. The van der Waals surface area contributed by atoms with Crippen molar-refractivity contribution in [1.82, 2.24) is 10.2 Å². The first kappa shape index (κ1) is 24.1. The fourth-order valence-corrected chi connectivity index (χ4v) is 3.13. The monoisotopic (exact) mass is 428 g/mol. The summed E-state index contributed by atoms with van der Waals surface area (Å²) in [5.74, 6) is 1.55. The van der Waals surface area contributed by atoms with Crippen LogP contribution >= 0.6 is 0 Å². The van der Waals surface area contributed by atoms with Gasteiger partial charge in [-0.2, -0.15) is 0 Å². The highest BCUT2D eigenvalue weighted by Gasteiger charge is 2.29. The van der Waals surface area contributed by atoms with E-state index < -0.39 is 6.04 Å². The quantitative estimate of drug-likeness (QED) is 0.594. The summed E-state index contributed by atoms with van der Waals surface area (Å²) >= 11 is 0. The second-order valence-corrected chi connectivity index (χ2v) is 7.42. The molecule has 0 radical (unpaired) electrons. The number of hydrogen-bond donors (Lipinski definition) is 1. The Bertz CT molecular complexity index is 834. The molecule has 0 aliphatic rings. The van der Waals surface area contributed by atoms with Crippen molar-refractivity contribution in [3.05, 3.63) is 54.1 Å². The molecule has 0 aliphatic heterocycles. The van der Waals surface area contributed by atoms with Crippen LogP contribution in [0.3, 0.4) is 0 Å². The van der Waals surface area contributed by atoms with Crippen molar-refractivity contribution in [3.8, 4) is 17.2 Å². The lowest BCUT2D eigenvalue weighted by atomic mass is 10.1. The summed E-state index contributed by atoms with van der Waals surface area (Å²) in [6, 6.07) is 13.8. The maximum Gasteiger partial charge on any atom is 0.261 e. The van der Waals surface area contributed by atoms with E-state index in [1.54, 1.807) is 43.4 Å². The lowest BCUT2D eigenvalue weighted by Gasteiger charge is -2.31. The molecular weight excluding hydrogens is 396 g/mol. The van der Waals surface area contributed by atoms with E-state index >= 15 is 0 Å². The molecular formula is C24H32N2O5. The van der Waals surface area contributed by atoms with Gasteiger partial charge in [-0.05, 0) is 62.2 Å². The van der Waals surface area contributed by atoms with Crippen LogP contribution in [0.2, 0.25) is 0 Å². The van der Waals surface area contributed by atoms with E-state index in [9.17, 15) is 9.59 Å². The van der Waals surface area contributed by atoms with E-state index in [1.807, 2.05) is 45.0 Å². The molecule has 0 aliphatic carbocycles. The van der Waals surface area contributed by atoms with Crippen LogP contribution in [-0.2, 0) is 16.1 Å². The Morgan fingerprint density at radius 3 is 1.90 bits per heavy atom. The van der Waals surface area contributed by atoms with Crippen LogP contribution in [0, 0.1) is 0 Å². The summed E-state index contributed by atoms with van der Waals surface area (Å²) in [4.78, 5) is 27.5. The number of carbonyl (C=O) groups excluding carboxylic acids is 2. The van der Waals surface area contributed by atoms with E-state index in [4.69, 9.17) is 14.2 Å². The molecule has 0 fully saturated rings. The zero-order valence-corrected chi connectivity index (χ0v) is 18.9. The summed E-state index contributed by atoms with van der Waals surface area (Å²) in [6.45, 7) is 5.80. The van der Waals surface area contributed by atoms with Gasteiger partial charge in [0.25, 0.3) is 5.91 Å². The maximum absolute atomic E-state index is 13.1. The van der Waals surface area contributed by atoms with Crippen molar-refractivity contribution in [1.29, 1.82) is 0 Å². The lowest BCUT2D eigenvalue weighted by Crippen LogP contribution is -2.51. The average Bonchev–Trinajstić information content (AvgIpc) is 2.77. The summed E-state index contributed by atoms with van der Waals surface area (Å²) in [6.07, 6.45) is 0.489. The van der Waals surface area contributed by atoms with Gasteiger partial charge < -0.3 is 24.4 Å². The van der Waals surface area contributed by atoms with Crippen molar-refractivity contribution in [2.45, 2.75) is 45.8 Å². The largest absolute Gasteiger partial charge is 0.497 e. The second kappa shape index (κ2) is 11.8. The first-order valence-corrected chi connectivity index (χ1v) is 10.4.